The molecule has 1 aromatic rings. The van der Waals surface area contributed by atoms with Gasteiger partial charge in [-0.1, -0.05) is 25.1 Å². The van der Waals surface area contributed by atoms with Crippen molar-refractivity contribution in [1.29, 1.82) is 0 Å². The summed E-state index contributed by atoms with van der Waals surface area (Å²) in [6.07, 6.45) is 1.74. The highest BCUT2D eigenvalue weighted by Gasteiger charge is 2.03. The lowest BCUT2D eigenvalue weighted by molar-refractivity contribution is 0.230. The Labute approximate surface area is 78.8 Å². The van der Waals surface area contributed by atoms with Crippen molar-refractivity contribution < 1.29 is 10.2 Å². The average molecular weight is 180 g/mol. The summed E-state index contributed by atoms with van der Waals surface area (Å²) in [6.45, 7) is 2.22. The third-order valence-electron chi connectivity index (χ3n) is 2.21. The summed E-state index contributed by atoms with van der Waals surface area (Å²) in [4.78, 5) is 0. The third-order valence-corrected chi connectivity index (χ3v) is 2.21. The molecule has 0 heterocycles. The molecule has 0 aliphatic carbocycles. The minimum atomic E-state index is 0.216. The maximum atomic E-state index is 9.43. The number of aliphatic hydroxyl groups is 1. The van der Waals surface area contributed by atoms with Crippen LogP contribution in [0.15, 0.2) is 24.3 Å². The van der Waals surface area contributed by atoms with Gasteiger partial charge < -0.3 is 10.2 Å². The van der Waals surface area contributed by atoms with Gasteiger partial charge in [0.2, 0.25) is 0 Å². The second-order valence-electron chi connectivity index (χ2n) is 3.46. The first kappa shape index (κ1) is 10.1. The third kappa shape index (κ3) is 3.07. The van der Waals surface area contributed by atoms with Gasteiger partial charge >= 0.3 is 0 Å². The first-order valence-electron chi connectivity index (χ1n) is 4.61. The van der Waals surface area contributed by atoms with E-state index in [1.165, 1.54) is 0 Å². The Kier molecular flexibility index (Phi) is 3.77. The first-order chi connectivity index (χ1) is 6.24. The van der Waals surface area contributed by atoms with Crippen LogP contribution in [0.1, 0.15) is 18.9 Å². The summed E-state index contributed by atoms with van der Waals surface area (Å²) in [5, 5.41) is 18.3. The Morgan fingerprint density at radius 2 is 2.00 bits per heavy atom. The Balaban J connectivity index is 2.50. The second kappa shape index (κ2) is 4.87. The lowest BCUT2D eigenvalue weighted by Gasteiger charge is -2.08. The van der Waals surface area contributed by atoms with E-state index in [4.69, 9.17) is 5.11 Å². The fraction of sp³-hybridized carbons (Fsp3) is 0.455. The van der Waals surface area contributed by atoms with Gasteiger partial charge in [-0.25, -0.2) is 0 Å². The van der Waals surface area contributed by atoms with Crippen molar-refractivity contribution in [1.82, 2.24) is 0 Å². The van der Waals surface area contributed by atoms with Crippen LogP contribution in [0.3, 0.4) is 0 Å². The van der Waals surface area contributed by atoms with Gasteiger partial charge in [0.05, 0.1) is 0 Å². The summed E-state index contributed by atoms with van der Waals surface area (Å²) < 4.78 is 0. The molecule has 13 heavy (non-hydrogen) atoms. The van der Waals surface area contributed by atoms with E-state index in [1.807, 2.05) is 25.1 Å². The molecular weight excluding hydrogens is 164 g/mol. The van der Waals surface area contributed by atoms with Crippen molar-refractivity contribution >= 4 is 0 Å². The van der Waals surface area contributed by atoms with Crippen LogP contribution in [-0.2, 0) is 6.42 Å². The number of benzene rings is 1. The van der Waals surface area contributed by atoms with Crippen LogP contribution in [0.5, 0.6) is 5.75 Å². The molecule has 0 aliphatic heterocycles. The molecule has 1 atom stereocenters. The van der Waals surface area contributed by atoms with Crippen molar-refractivity contribution in [3.05, 3.63) is 29.8 Å². The van der Waals surface area contributed by atoms with Crippen molar-refractivity contribution in [3.8, 4) is 5.75 Å². The number of hydrogen-bond acceptors (Lipinski definition) is 2. The van der Waals surface area contributed by atoms with E-state index in [0.717, 1.165) is 18.4 Å². The predicted molar refractivity (Wildman–Crippen MR) is 52.7 cm³/mol. The Bertz CT molecular complexity index is 258. The second-order valence-corrected chi connectivity index (χ2v) is 3.46. The van der Waals surface area contributed by atoms with Gasteiger partial charge in [-0.2, -0.15) is 0 Å². The topological polar surface area (TPSA) is 40.5 Å². The molecule has 0 amide bonds. The number of para-hydroxylation sites is 1. The lowest BCUT2D eigenvalue weighted by Crippen LogP contribution is -2.02. The molecule has 0 bridgehead atoms. The van der Waals surface area contributed by atoms with Crippen molar-refractivity contribution in [2.75, 3.05) is 6.61 Å². The van der Waals surface area contributed by atoms with Crippen LogP contribution in [0.25, 0.3) is 0 Å². The standard InChI is InChI=1S/C11H16O2/c1-9(8-12)6-7-10-4-2-3-5-11(10)13/h2-5,9,12-13H,6-8H2,1H3. The highest BCUT2D eigenvalue weighted by Crippen LogP contribution is 2.18. The summed E-state index contributed by atoms with van der Waals surface area (Å²) in [5.41, 5.74) is 0.961. The predicted octanol–water partition coefficient (Wildman–Crippen LogP) is 1.95. The fourth-order valence-corrected chi connectivity index (χ4v) is 1.22. The zero-order valence-electron chi connectivity index (χ0n) is 7.90. The van der Waals surface area contributed by atoms with E-state index in [0.29, 0.717) is 11.7 Å². The van der Waals surface area contributed by atoms with E-state index in [1.54, 1.807) is 6.07 Å². The molecule has 1 rings (SSSR count). The number of hydrogen-bond donors (Lipinski definition) is 2. The molecule has 1 unspecified atom stereocenters. The molecule has 2 N–H and O–H groups in total. The van der Waals surface area contributed by atoms with E-state index in [2.05, 4.69) is 0 Å². The number of aliphatic hydroxyl groups excluding tert-OH is 1. The SMILES string of the molecule is CC(CO)CCc1ccccc1O. The van der Waals surface area contributed by atoms with Crippen LogP contribution in [0.2, 0.25) is 0 Å². The molecule has 0 aliphatic rings. The van der Waals surface area contributed by atoms with E-state index in [9.17, 15) is 5.11 Å². The fourth-order valence-electron chi connectivity index (χ4n) is 1.22. The number of rotatable bonds is 4. The first-order valence-corrected chi connectivity index (χ1v) is 4.61. The van der Waals surface area contributed by atoms with E-state index >= 15 is 0 Å². The molecule has 0 aromatic heterocycles. The van der Waals surface area contributed by atoms with E-state index < -0.39 is 0 Å². The summed E-state index contributed by atoms with van der Waals surface area (Å²) >= 11 is 0. The minimum absolute atomic E-state index is 0.216. The van der Waals surface area contributed by atoms with Gasteiger partial charge in [0.1, 0.15) is 5.75 Å². The van der Waals surface area contributed by atoms with E-state index in [-0.39, 0.29) is 6.61 Å². The molecule has 0 spiro atoms. The summed E-state index contributed by atoms with van der Waals surface area (Å²) in [5.74, 6) is 0.659. The Morgan fingerprint density at radius 3 is 2.62 bits per heavy atom. The van der Waals surface area contributed by atoms with Crippen LogP contribution < -0.4 is 0 Å². The van der Waals surface area contributed by atoms with Crippen LogP contribution in [0, 0.1) is 5.92 Å². The average Bonchev–Trinajstić information content (AvgIpc) is 2.16. The molecule has 2 nitrogen and oxygen atoms in total. The number of phenolic OH excluding ortho intramolecular Hbond substituents is 1. The molecule has 1 aromatic carbocycles. The smallest absolute Gasteiger partial charge is 0.118 e. The molecule has 0 saturated heterocycles. The Hall–Kier alpha value is -1.02. The van der Waals surface area contributed by atoms with Gasteiger partial charge in [0, 0.05) is 6.61 Å². The summed E-state index contributed by atoms with van der Waals surface area (Å²) in [6, 6.07) is 7.34. The van der Waals surface area contributed by atoms with Gasteiger partial charge in [-0.15, -0.1) is 0 Å². The maximum Gasteiger partial charge on any atom is 0.118 e. The van der Waals surface area contributed by atoms with Crippen molar-refractivity contribution in [2.45, 2.75) is 19.8 Å². The monoisotopic (exact) mass is 180 g/mol. The van der Waals surface area contributed by atoms with Gasteiger partial charge in [0.25, 0.3) is 0 Å². The molecular formula is C11H16O2. The highest BCUT2D eigenvalue weighted by molar-refractivity contribution is 5.31. The number of aryl methyl sites for hydroxylation is 1. The lowest BCUT2D eigenvalue weighted by atomic mass is 10.0. The zero-order chi connectivity index (χ0) is 9.68. The molecule has 72 valence electrons. The zero-order valence-corrected chi connectivity index (χ0v) is 7.90. The van der Waals surface area contributed by atoms with Crippen LogP contribution >= 0.6 is 0 Å². The molecule has 0 saturated carbocycles. The Morgan fingerprint density at radius 1 is 1.31 bits per heavy atom. The molecule has 0 fully saturated rings. The van der Waals surface area contributed by atoms with Gasteiger partial charge in [0.15, 0.2) is 0 Å². The van der Waals surface area contributed by atoms with Gasteiger partial charge in [-0.3, -0.25) is 0 Å². The van der Waals surface area contributed by atoms with Gasteiger partial charge in [-0.05, 0) is 30.4 Å². The quantitative estimate of drug-likeness (QED) is 0.743. The largest absolute Gasteiger partial charge is 0.508 e. The van der Waals surface area contributed by atoms with Crippen LogP contribution in [-0.4, -0.2) is 16.8 Å². The maximum absolute atomic E-state index is 9.43. The van der Waals surface area contributed by atoms with Crippen molar-refractivity contribution in [2.24, 2.45) is 5.92 Å². The highest BCUT2D eigenvalue weighted by atomic mass is 16.3. The normalized spacial score (nSPS) is 12.8. The number of aromatic hydroxyl groups is 1. The van der Waals surface area contributed by atoms with Crippen molar-refractivity contribution in [3.63, 3.8) is 0 Å². The minimum Gasteiger partial charge on any atom is -0.508 e. The summed E-state index contributed by atoms with van der Waals surface area (Å²) in [7, 11) is 0. The van der Waals surface area contributed by atoms with Crippen LogP contribution in [0.4, 0.5) is 0 Å². The molecule has 0 radical (unpaired) electrons. The molecule has 2 heteroatoms. The number of phenols is 1.